The summed E-state index contributed by atoms with van der Waals surface area (Å²) in [7, 11) is -3.51. The number of rotatable bonds is 8. The Hall–Kier alpha value is -2.50. The van der Waals surface area contributed by atoms with Gasteiger partial charge in [0.2, 0.25) is 5.91 Å². The molecule has 0 spiro atoms. The van der Waals surface area contributed by atoms with Crippen LogP contribution < -0.4 is 5.32 Å². The molecule has 0 aliphatic carbocycles. The summed E-state index contributed by atoms with van der Waals surface area (Å²) in [6, 6.07) is 7.87. The molecule has 1 amide bonds. The third kappa shape index (κ3) is 6.21. The van der Waals surface area contributed by atoms with Crippen molar-refractivity contribution in [3.8, 4) is 11.1 Å². The fourth-order valence-electron chi connectivity index (χ4n) is 5.26. The molecule has 1 N–H and O–H groups in total. The molecule has 38 heavy (non-hydrogen) atoms. The average Bonchev–Trinajstić information content (AvgIpc) is 3.44. The number of ether oxygens (including phenoxy) is 1. The lowest BCUT2D eigenvalue weighted by atomic mass is 9.96. The third-order valence-electron chi connectivity index (χ3n) is 7.03. The van der Waals surface area contributed by atoms with Crippen molar-refractivity contribution in [2.24, 2.45) is 5.92 Å². The van der Waals surface area contributed by atoms with Crippen LogP contribution in [0, 0.1) is 5.92 Å². The van der Waals surface area contributed by atoms with Crippen LogP contribution in [0.15, 0.2) is 53.4 Å². The smallest absolute Gasteiger partial charge is 0.373 e. The Bertz CT molecular complexity index is 1270. The predicted molar refractivity (Wildman–Crippen MR) is 135 cm³/mol. The fraction of sp³-hybridized carbons (Fsp3) is 0.519. The first-order valence-corrected chi connectivity index (χ1v) is 14.4. The molecule has 2 saturated heterocycles. The van der Waals surface area contributed by atoms with Crippen LogP contribution in [0.5, 0.6) is 0 Å². The van der Waals surface area contributed by atoms with Crippen LogP contribution in [0.2, 0.25) is 0 Å². The second kappa shape index (κ2) is 10.9. The van der Waals surface area contributed by atoms with E-state index in [9.17, 15) is 30.8 Å². The maximum atomic E-state index is 14.5. The van der Waals surface area contributed by atoms with E-state index in [4.69, 9.17) is 4.74 Å². The van der Waals surface area contributed by atoms with Crippen LogP contribution in [0.1, 0.15) is 38.3 Å². The van der Waals surface area contributed by atoms with Gasteiger partial charge in [-0.3, -0.25) is 10.1 Å². The van der Waals surface area contributed by atoms with Crippen LogP contribution in [-0.4, -0.2) is 69.2 Å². The molecule has 5 atom stereocenters. The minimum absolute atomic E-state index is 0.0551. The van der Waals surface area contributed by atoms with E-state index in [0.717, 1.165) is 6.26 Å². The number of alkyl halides is 4. The zero-order valence-corrected chi connectivity index (χ0v) is 22.2. The second-order valence-electron chi connectivity index (χ2n) is 10.4. The second-order valence-corrected chi connectivity index (χ2v) is 12.5. The van der Waals surface area contributed by atoms with Gasteiger partial charge >= 0.3 is 6.18 Å². The van der Waals surface area contributed by atoms with Gasteiger partial charge < -0.3 is 9.64 Å². The van der Waals surface area contributed by atoms with E-state index < -0.39 is 52.3 Å². The molecular weight excluding hydrogens is 524 g/mol. The van der Waals surface area contributed by atoms with Gasteiger partial charge in [0, 0.05) is 12.9 Å². The number of nitrogens with zero attached hydrogens (tertiary/aromatic N) is 1. The highest BCUT2D eigenvalue weighted by Gasteiger charge is 2.50. The lowest BCUT2D eigenvalue weighted by molar-refractivity contribution is -0.162. The average molecular weight is 557 g/mol. The Morgan fingerprint density at radius 1 is 1.13 bits per heavy atom. The molecule has 208 valence electrons. The molecule has 11 heteroatoms. The molecular formula is C27H32F4N2O4S. The summed E-state index contributed by atoms with van der Waals surface area (Å²) in [5, 5.41) is 2.55. The molecule has 0 radical (unpaired) electrons. The van der Waals surface area contributed by atoms with Gasteiger partial charge in [-0.15, -0.1) is 0 Å². The number of carbonyl (C=O) groups excluding carboxylic acids is 1. The summed E-state index contributed by atoms with van der Waals surface area (Å²) in [6.07, 6.45) is -5.21. The Labute approximate surface area is 220 Å². The lowest BCUT2D eigenvalue weighted by Gasteiger charge is -2.32. The Morgan fingerprint density at radius 3 is 2.42 bits per heavy atom. The normalized spacial score (nSPS) is 23.5. The molecule has 0 aromatic heterocycles. The lowest BCUT2D eigenvalue weighted by Crippen LogP contribution is -2.52. The van der Waals surface area contributed by atoms with E-state index >= 15 is 0 Å². The molecule has 2 aromatic carbocycles. The van der Waals surface area contributed by atoms with Crippen LogP contribution >= 0.6 is 0 Å². The summed E-state index contributed by atoms with van der Waals surface area (Å²) in [5.74, 6) is -0.666. The summed E-state index contributed by atoms with van der Waals surface area (Å²) in [6.45, 7) is 3.72. The van der Waals surface area contributed by atoms with Crippen LogP contribution in [0.3, 0.4) is 0 Å². The molecule has 2 heterocycles. The fourth-order valence-corrected chi connectivity index (χ4v) is 5.92. The predicted octanol–water partition coefficient (Wildman–Crippen LogP) is 4.70. The van der Waals surface area contributed by atoms with Crippen LogP contribution in [-0.2, 0) is 19.4 Å². The molecule has 2 aromatic rings. The van der Waals surface area contributed by atoms with Crippen LogP contribution in [0.25, 0.3) is 11.1 Å². The van der Waals surface area contributed by atoms with Gasteiger partial charge in [0.1, 0.15) is 18.3 Å². The Kier molecular flexibility index (Phi) is 8.20. The topological polar surface area (TPSA) is 75.7 Å². The molecule has 4 rings (SSSR count). The molecule has 0 saturated carbocycles. The van der Waals surface area contributed by atoms with E-state index in [1.165, 1.54) is 41.3 Å². The van der Waals surface area contributed by atoms with Crippen molar-refractivity contribution in [1.29, 1.82) is 0 Å². The van der Waals surface area contributed by atoms with Gasteiger partial charge in [-0.25, -0.2) is 12.8 Å². The summed E-state index contributed by atoms with van der Waals surface area (Å²) < 4.78 is 87.1. The van der Waals surface area contributed by atoms with Gasteiger partial charge in [-0.2, -0.15) is 13.2 Å². The van der Waals surface area contributed by atoms with E-state index in [2.05, 4.69) is 5.32 Å². The highest BCUT2D eigenvalue weighted by molar-refractivity contribution is 7.90. The standard InChI is InChI=1S/C27H32F4N2O4S/c1-16(2)12-22(26(34)33-15-21(28)24-23(33)10-11-37-24)32-25(27(29,30)31)19-8-4-6-17(13-19)18-7-5-9-20(14-18)38(3,35)36/h4-9,13-14,16,21-25,32H,10-12,15H2,1-3H3/t21-,22?,23+,24+,25?/m0/s1. The number of amides is 1. The Balaban J connectivity index is 1.65. The van der Waals surface area contributed by atoms with Crippen molar-refractivity contribution in [3.05, 3.63) is 54.1 Å². The number of carbonyl (C=O) groups is 1. The van der Waals surface area contributed by atoms with E-state index in [1.807, 2.05) is 13.8 Å². The number of benzene rings is 2. The Morgan fingerprint density at radius 2 is 1.79 bits per heavy atom. The number of halogens is 4. The molecule has 0 bridgehead atoms. The third-order valence-corrected chi connectivity index (χ3v) is 8.14. The van der Waals surface area contributed by atoms with Crippen molar-refractivity contribution in [2.75, 3.05) is 19.4 Å². The van der Waals surface area contributed by atoms with Gasteiger partial charge in [-0.1, -0.05) is 44.2 Å². The van der Waals surface area contributed by atoms with Crippen molar-refractivity contribution in [2.45, 2.75) is 68.2 Å². The van der Waals surface area contributed by atoms with Gasteiger partial charge in [-0.05, 0) is 53.6 Å². The first kappa shape index (κ1) is 28.5. The van der Waals surface area contributed by atoms with Crippen molar-refractivity contribution in [3.63, 3.8) is 0 Å². The number of hydrogen-bond donors (Lipinski definition) is 1. The minimum atomic E-state index is -4.74. The van der Waals surface area contributed by atoms with Crippen molar-refractivity contribution >= 4 is 15.7 Å². The molecule has 6 nitrogen and oxygen atoms in total. The number of hydrogen-bond acceptors (Lipinski definition) is 5. The molecule has 2 aliphatic heterocycles. The maximum absolute atomic E-state index is 14.5. The zero-order valence-electron chi connectivity index (χ0n) is 21.4. The highest BCUT2D eigenvalue weighted by Crippen LogP contribution is 2.37. The van der Waals surface area contributed by atoms with E-state index in [-0.39, 0.29) is 29.3 Å². The number of nitrogens with one attached hydrogen (secondary N) is 1. The monoisotopic (exact) mass is 556 g/mol. The highest BCUT2D eigenvalue weighted by atomic mass is 32.2. The van der Waals surface area contributed by atoms with Gasteiger partial charge in [0.15, 0.2) is 9.84 Å². The largest absolute Gasteiger partial charge is 0.407 e. The quantitative estimate of drug-likeness (QED) is 0.477. The summed E-state index contributed by atoms with van der Waals surface area (Å²) in [5.41, 5.74) is 0.735. The van der Waals surface area contributed by atoms with E-state index in [1.54, 1.807) is 12.1 Å². The molecule has 2 unspecified atom stereocenters. The first-order valence-electron chi connectivity index (χ1n) is 12.5. The van der Waals surface area contributed by atoms with Crippen molar-refractivity contribution in [1.82, 2.24) is 10.2 Å². The van der Waals surface area contributed by atoms with Crippen LogP contribution in [0.4, 0.5) is 17.6 Å². The summed E-state index contributed by atoms with van der Waals surface area (Å²) >= 11 is 0. The maximum Gasteiger partial charge on any atom is 0.407 e. The number of sulfone groups is 1. The first-order chi connectivity index (χ1) is 17.8. The number of fused-ring (bicyclic) bond motifs is 1. The van der Waals surface area contributed by atoms with Gasteiger partial charge in [0.25, 0.3) is 0 Å². The summed E-state index contributed by atoms with van der Waals surface area (Å²) in [4.78, 5) is 14.9. The van der Waals surface area contributed by atoms with Crippen molar-refractivity contribution < 1.29 is 35.5 Å². The molecule has 2 aliphatic rings. The van der Waals surface area contributed by atoms with E-state index in [0.29, 0.717) is 24.2 Å². The van der Waals surface area contributed by atoms with Gasteiger partial charge in [0.05, 0.1) is 23.5 Å². The SMILES string of the molecule is CC(C)CC(NC(c1cccc(-c2cccc(S(C)(=O)=O)c2)c1)C(F)(F)F)C(=O)N1C[C@H](F)[C@H]2OCC[C@H]21. The zero-order chi connectivity index (χ0) is 27.8. The number of likely N-dealkylation sites (tertiary alicyclic amines) is 1. The molecule has 2 fully saturated rings. The minimum Gasteiger partial charge on any atom is -0.373 e.